The van der Waals surface area contributed by atoms with Crippen molar-refractivity contribution in [3.05, 3.63) is 29.8 Å². The zero-order valence-electron chi connectivity index (χ0n) is 8.60. The van der Waals surface area contributed by atoms with Crippen LogP contribution in [-0.4, -0.2) is 26.0 Å². The van der Waals surface area contributed by atoms with Gasteiger partial charge in [-0.3, -0.25) is 4.72 Å². The molecule has 1 rings (SSSR count). The maximum Gasteiger partial charge on any atom is 0.337 e. The van der Waals surface area contributed by atoms with Crippen LogP contribution < -0.4 is 9.44 Å². The van der Waals surface area contributed by atoms with E-state index in [1.165, 1.54) is 18.2 Å². The summed E-state index contributed by atoms with van der Waals surface area (Å²) in [6.07, 6.45) is 0. The van der Waals surface area contributed by atoms with E-state index in [1.54, 1.807) is 13.0 Å². The fraction of sp³-hybridized carbons (Fsp3) is 0.222. The minimum Gasteiger partial charge on any atom is -0.478 e. The molecule has 0 aliphatic rings. The molecule has 16 heavy (non-hydrogen) atoms. The Morgan fingerprint density at radius 3 is 2.56 bits per heavy atom. The first-order valence-electron chi connectivity index (χ1n) is 4.56. The molecule has 3 N–H and O–H groups in total. The highest BCUT2D eigenvalue weighted by Gasteiger charge is 2.14. The summed E-state index contributed by atoms with van der Waals surface area (Å²) in [5, 5.41) is 8.84. The maximum absolute atomic E-state index is 11.4. The SMILES string of the molecule is CCNS(=O)(=O)Nc1ccccc1C(=O)O. The van der Waals surface area contributed by atoms with Crippen LogP contribution in [0.3, 0.4) is 0 Å². The van der Waals surface area contributed by atoms with Crippen LogP contribution in [0.1, 0.15) is 17.3 Å². The molecule has 88 valence electrons. The van der Waals surface area contributed by atoms with Crippen LogP contribution in [0.15, 0.2) is 24.3 Å². The lowest BCUT2D eigenvalue weighted by Crippen LogP contribution is -2.30. The van der Waals surface area contributed by atoms with Gasteiger partial charge in [0, 0.05) is 6.54 Å². The largest absolute Gasteiger partial charge is 0.478 e. The average Bonchev–Trinajstić information content (AvgIpc) is 2.17. The Kier molecular flexibility index (Phi) is 3.86. The summed E-state index contributed by atoms with van der Waals surface area (Å²) in [6.45, 7) is 1.85. The molecule has 6 nitrogen and oxygen atoms in total. The van der Waals surface area contributed by atoms with Gasteiger partial charge in [0.2, 0.25) is 0 Å². The Morgan fingerprint density at radius 1 is 1.38 bits per heavy atom. The van der Waals surface area contributed by atoms with Crippen molar-refractivity contribution in [1.82, 2.24) is 4.72 Å². The molecule has 1 aromatic carbocycles. The van der Waals surface area contributed by atoms with Crippen LogP contribution in [0.2, 0.25) is 0 Å². The van der Waals surface area contributed by atoms with Gasteiger partial charge in [-0.1, -0.05) is 19.1 Å². The lowest BCUT2D eigenvalue weighted by atomic mass is 10.2. The van der Waals surface area contributed by atoms with Crippen LogP contribution in [0.4, 0.5) is 5.69 Å². The topological polar surface area (TPSA) is 95.5 Å². The van der Waals surface area contributed by atoms with Crippen molar-refractivity contribution in [2.75, 3.05) is 11.3 Å². The van der Waals surface area contributed by atoms with Crippen molar-refractivity contribution in [2.24, 2.45) is 0 Å². The van der Waals surface area contributed by atoms with Gasteiger partial charge in [0.1, 0.15) is 0 Å². The monoisotopic (exact) mass is 244 g/mol. The first kappa shape index (κ1) is 12.5. The summed E-state index contributed by atoms with van der Waals surface area (Å²) in [4.78, 5) is 10.8. The molecule has 0 saturated carbocycles. The highest BCUT2D eigenvalue weighted by atomic mass is 32.2. The molecule has 0 amide bonds. The van der Waals surface area contributed by atoms with Gasteiger partial charge in [0.15, 0.2) is 0 Å². The third kappa shape index (κ3) is 3.21. The third-order valence-corrected chi connectivity index (χ3v) is 2.89. The van der Waals surface area contributed by atoms with Gasteiger partial charge in [-0.2, -0.15) is 13.1 Å². The summed E-state index contributed by atoms with van der Waals surface area (Å²) >= 11 is 0. The zero-order chi connectivity index (χ0) is 12.2. The Labute approximate surface area is 93.5 Å². The van der Waals surface area contributed by atoms with Crippen LogP contribution in [0, 0.1) is 0 Å². The number of carbonyl (C=O) groups is 1. The van der Waals surface area contributed by atoms with E-state index in [4.69, 9.17) is 5.11 Å². The molecule has 0 atom stereocenters. The predicted octanol–water partition coefficient (Wildman–Crippen LogP) is 0.651. The van der Waals surface area contributed by atoms with E-state index in [9.17, 15) is 13.2 Å². The molecule has 0 heterocycles. The number of rotatable bonds is 5. The molecule has 1 aromatic rings. The minimum atomic E-state index is -3.70. The number of anilines is 1. The van der Waals surface area contributed by atoms with E-state index >= 15 is 0 Å². The predicted molar refractivity (Wildman–Crippen MR) is 59.6 cm³/mol. The fourth-order valence-electron chi connectivity index (χ4n) is 1.13. The molecule has 0 radical (unpaired) electrons. The van der Waals surface area contributed by atoms with Crippen molar-refractivity contribution in [3.8, 4) is 0 Å². The fourth-order valence-corrected chi connectivity index (χ4v) is 2.05. The van der Waals surface area contributed by atoms with Gasteiger partial charge in [-0.25, -0.2) is 4.79 Å². The number of carboxylic acid groups (broad SMARTS) is 1. The molecule has 0 bridgehead atoms. The van der Waals surface area contributed by atoms with Gasteiger partial charge >= 0.3 is 5.97 Å². The van der Waals surface area contributed by atoms with Crippen molar-refractivity contribution in [1.29, 1.82) is 0 Å². The number of para-hydroxylation sites is 1. The number of benzene rings is 1. The molecule has 0 fully saturated rings. The Hall–Kier alpha value is -1.60. The molecule has 0 spiro atoms. The number of hydrogen-bond acceptors (Lipinski definition) is 3. The second-order valence-electron chi connectivity index (χ2n) is 2.95. The average molecular weight is 244 g/mol. The number of carboxylic acids is 1. The molecule has 0 aliphatic heterocycles. The summed E-state index contributed by atoms with van der Waals surface area (Å²) in [6, 6.07) is 5.79. The van der Waals surface area contributed by atoms with Gasteiger partial charge in [0.25, 0.3) is 10.2 Å². The lowest BCUT2D eigenvalue weighted by Gasteiger charge is -2.09. The van der Waals surface area contributed by atoms with E-state index in [0.29, 0.717) is 0 Å². The second-order valence-corrected chi connectivity index (χ2v) is 4.45. The van der Waals surface area contributed by atoms with Crippen LogP contribution in [0.5, 0.6) is 0 Å². The Balaban J connectivity index is 3.02. The Morgan fingerprint density at radius 2 is 2.00 bits per heavy atom. The first-order chi connectivity index (χ1) is 7.46. The summed E-state index contributed by atoms with van der Waals surface area (Å²) in [7, 11) is -3.70. The van der Waals surface area contributed by atoms with E-state index in [1.807, 2.05) is 0 Å². The molecule has 0 aliphatic carbocycles. The molecular weight excluding hydrogens is 232 g/mol. The van der Waals surface area contributed by atoms with Gasteiger partial charge < -0.3 is 5.11 Å². The number of aromatic carboxylic acids is 1. The van der Waals surface area contributed by atoms with E-state index < -0.39 is 16.2 Å². The lowest BCUT2D eigenvalue weighted by molar-refractivity contribution is 0.0698. The maximum atomic E-state index is 11.4. The normalized spacial score (nSPS) is 11.1. The standard InChI is InChI=1S/C9H12N2O4S/c1-2-10-16(14,15)11-8-6-4-3-5-7(8)9(12)13/h3-6,10-11H,2H2,1H3,(H,12,13). The summed E-state index contributed by atoms with van der Waals surface area (Å²) in [5.74, 6) is -1.19. The number of nitrogens with one attached hydrogen (secondary N) is 2. The highest BCUT2D eigenvalue weighted by Crippen LogP contribution is 2.15. The van der Waals surface area contributed by atoms with Crippen molar-refractivity contribution < 1.29 is 18.3 Å². The van der Waals surface area contributed by atoms with Gasteiger partial charge in [-0.15, -0.1) is 0 Å². The van der Waals surface area contributed by atoms with Crippen LogP contribution in [0.25, 0.3) is 0 Å². The van der Waals surface area contributed by atoms with E-state index in [0.717, 1.165) is 0 Å². The van der Waals surface area contributed by atoms with E-state index in [-0.39, 0.29) is 17.8 Å². The molecule has 0 unspecified atom stereocenters. The van der Waals surface area contributed by atoms with Gasteiger partial charge in [-0.05, 0) is 12.1 Å². The quantitative estimate of drug-likeness (QED) is 0.708. The summed E-state index contributed by atoms with van der Waals surface area (Å²) in [5.41, 5.74) is -0.0556. The summed E-state index contributed by atoms with van der Waals surface area (Å²) < 4.78 is 27.1. The van der Waals surface area contributed by atoms with E-state index in [2.05, 4.69) is 9.44 Å². The zero-order valence-corrected chi connectivity index (χ0v) is 9.41. The van der Waals surface area contributed by atoms with Crippen LogP contribution in [-0.2, 0) is 10.2 Å². The molecule has 0 aromatic heterocycles. The third-order valence-electron chi connectivity index (χ3n) is 1.74. The molecule has 7 heteroatoms. The molecular formula is C9H12N2O4S. The highest BCUT2D eigenvalue weighted by molar-refractivity contribution is 7.90. The van der Waals surface area contributed by atoms with Crippen molar-refractivity contribution >= 4 is 21.9 Å². The number of hydrogen-bond donors (Lipinski definition) is 3. The van der Waals surface area contributed by atoms with Gasteiger partial charge in [0.05, 0.1) is 11.3 Å². The second kappa shape index (κ2) is 4.95. The first-order valence-corrected chi connectivity index (χ1v) is 6.04. The minimum absolute atomic E-state index is 0.0379. The smallest absolute Gasteiger partial charge is 0.337 e. The molecule has 0 saturated heterocycles. The van der Waals surface area contributed by atoms with Crippen LogP contribution >= 0.6 is 0 Å². The van der Waals surface area contributed by atoms with Crippen molar-refractivity contribution in [3.63, 3.8) is 0 Å². The Bertz CT molecular complexity index is 484. The van der Waals surface area contributed by atoms with Crippen molar-refractivity contribution in [2.45, 2.75) is 6.92 Å².